The zero-order valence-corrected chi connectivity index (χ0v) is 32.3. The molecule has 0 saturated heterocycles. The van der Waals surface area contributed by atoms with Crippen LogP contribution in [0.2, 0.25) is 0 Å². The molecule has 56 heavy (non-hydrogen) atoms. The van der Waals surface area contributed by atoms with Gasteiger partial charge in [-0.05, 0) is 24.3 Å². The Morgan fingerprint density at radius 2 is 0.929 bits per heavy atom. The highest BCUT2D eigenvalue weighted by atomic mass is 16.6. The van der Waals surface area contributed by atoms with Crippen LogP contribution in [0.5, 0.6) is 17.2 Å². The number of fused-ring (bicyclic) bond motifs is 1. The third-order valence-corrected chi connectivity index (χ3v) is 7.31. The van der Waals surface area contributed by atoms with Gasteiger partial charge in [0.1, 0.15) is 31.0 Å². The molecule has 0 fully saturated rings. The molecule has 0 aliphatic rings. The second kappa shape index (κ2) is 29.0. The largest absolute Gasteiger partial charge is 0.487 e. The van der Waals surface area contributed by atoms with E-state index < -0.39 is 17.4 Å². The van der Waals surface area contributed by atoms with Crippen molar-refractivity contribution in [1.82, 2.24) is 10.9 Å². The maximum absolute atomic E-state index is 13.5. The van der Waals surface area contributed by atoms with Crippen molar-refractivity contribution in [2.45, 2.75) is 0 Å². The molecule has 0 spiro atoms. The quantitative estimate of drug-likeness (QED) is 0.0528. The van der Waals surface area contributed by atoms with Crippen LogP contribution in [-0.4, -0.2) is 152 Å². The molecular weight excluding hydrogens is 740 g/mol. The first kappa shape index (κ1) is 46.0. The van der Waals surface area contributed by atoms with Crippen LogP contribution in [0, 0.1) is 0 Å². The second-order valence-corrected chi connectivity index (χ2v) is 11.4. The van der Waals surface area contributed by atoms with E-state index in [9.17, 15) is 14.4 Å². The number of amides is 2. The standard InChI is InChI=1S/C38H54N2O16/c1-44-8-11-47-14-17-50-20-23-53-33-27-30(36(41)39-40-37(42)31-26-29-6-4-5-7-32(29)56-38(31)43)28-34(54-24-21-51-18-15-48-12-9-45-2)35(33)55-25-22-52-19-16-49-13-10-46-3/h4-7,26-28H,8-25H2,1-3H3,(H,39,41)(H,40,42). The van der Waals surface area contributed by atoms with Gasteiger partial charge in [0.25, 0.3) is 11.8 Å². The smallest absolute Gasteiger partial charge is 0.349 e. The molecule has 1 heterocycles. The highest BCUT2D eigenvalue weighted by molar-refractivity contribution is 6.00. The van der Waals surface area contributed by atoms with Crippen LogP contribution in [0.15, 0.2) is 51.7 Å². The normalized spacial score (nSPS) is 11.1. The lowest BCUT2D eigenvalue weighted by Crippen LogP contribution is -2.43. The van der Waals surface area contributed by atoms with Gasteiger partial charge in [0, 0.05) is 32.3 Å². The van der Waals surface area contributed by atoms with Gasteiger partial charge < -0.3 is 61.3 Å². The van der Waals surface area contributed by atoms with Gasteiger partial charge in [-0.3, -0.25) is 20.4 Å². The molecule has 0 radical (unpaired) electrons. The van der Waals surface area contributed by atoms with E-state index in [1.807, 2.05) is 0 Å². The van der Waals surface area contributed by atoms with E-state index in [0.717, 1.165) is 0 Å². The Morgan fingerprint density at radius 3 is 1.41 bits per heavy atom. The number of carbonyl (C=O) groups excluding carboxylic acids is 2. The average molecular weight is 795 g/mol. The summed E-state index contributed by atoms with van der Waals surface area (Å²) in [5.41, 5.74) is 3.81. The van der Waals surface area contributed by atoms with Crippen LogP contribution in [-0.2, 0) is 42.6 Å². The average Bonchev–Trinajstić information content (AvgIpc) is 3.20. The number of nitrogens with one attached hydrogen (secondary N) is 2. The molecule has 2 amide bonds. The molecule has 0 unspecified atom stereocenters. The first-order valence-electron chi connectivity index (χ1n) is 18.1. The molecule has 0 aliphatic heterocycles. The molecule has 1 aromatic heterocycles. The molecule has 0 saturated carbocycles. The number of para-hydroxylation sites is 1. The van der Waals surface area contributed by atoms with Crippen LogP contribution in [0.4, 0.5) is 0 Å². The Bertz CT molecular complexity index is 1560. The molecular formula is C38H54N2O16. The summed E-state index contributed by atoms with van der Waals surface area (Å²) >= 11 is 0. The summed E-state index contributed by atoms with van der Waals surface area (Å²) < 4.78 is 71.5. The van der Waals surface area contributed by atoms with Crippen LogP contribution in [0.1, 0.15) is 20.7 Å². The number of hydrogen-bond acceptors (Lipinski definition) is 16. The van der Waals surface area contributed by atoms with Crippen molar-refractivity contribution in [2.75, 3.05) is 140 Å². The van der Waals surface area contributed by atoms with Gasteiger partial charge in [0.2, 0.25) is 5.75 Å². The van der Waals surface area contributed by atoms with E-state index in [-0.39, 0.29) is 68.0 Å². The third-order valence-electron chi connectivity index (χ3n) is 7.31. The Balaban J connectivity index is 1.73. The topological polar surface area (TPSA) is 199 Å². The molecule has 3 aromatic rings. The Morgan fingerprint density at radius 1 is 0.518 bits per heavy atom. The van der Waals surface area contributed by atoms with E-state index in [4.69, 9.17) is 61.3 Å². The van der Waals surface area contributed by atoms with Gasteiger partial charge in [-0.2, -0.15) is 0 Å². The molecule has 0 bridgehead atoms. The highest BCUT2D eigenvalue weighted by Crippen LogP contribution is 2.39. The Kier molecular flexibility index (Phi) is 23.8. The minimum Gasteiger partial charge on any atom is -0.487 e. The zero-order chi connectivity index (χ0) is 40.1. The first-order valence-corrected chi connectivity index (χ1v) is 18.1. The van der Waals surface area contributed by atoms with Crippen molar-refractivity contribution in [1.29, 1.82) is 0 Å². The van der Waals surface area contributed by atoms with E-state index in [2.05, 4.69) is 10.9 Å². The molecule has 0 aliphatic carbocycles. The summed E-state index contributed by atoms with van der Waals surface area (Å²) in [5, 5.41) is 0.536. The minimum absolute atomic E-state index is 0.0394. The predicted octanol–water partition coefficient (Wildman–Crippen LogP) is 2.04. The van der Waals surface area contributed by atoms with Crippen molar-refractivity contribution < 1.29 is 70.8 Å². The Labute approximate surface area is 325 Å². The second-order valence-electron chi connectivity index (χ2n) is 11.4. The van der Waals surface area contributed by atoms with Crippen molar-refractivity contribution in [2.24, 2.45) is 0 Å². The van der Waals surface area contributed by atoms with Crippen LogP contribution in [0.25, 0.3) is 11.0 Å². The number of methoxy groups -OCH3 is 3. The highest BCUT2D eigenvalue weighted by Gasteiger charge is 2.21. The SMILES string of the molecule is COCCOCCOCCOc1cc(C(=O)NNC(=O)c2cc3ccccc3oc2=O)cc(OCCOCCOCCOC)c1OCCOCCOCCOC. The lowest BCUT2D eigenvalue weighted by atomic mass is 10.1. The fourth-order valence-corrected chi connectivity index (χ4v) is 4.55. The number of hydrazine groups is 1. The summed E-state index contributed by atoms with van der Waals surface area (Å²) in [4.78, 5) is 38.9. The lowest BCUT2D eigenvalue weighted by molar-refractivity contribution is 0.0146. The number of ether oxygens (including phenoxy) is 12. The van der Waals surface area contributed by atoms with Gasteiger partial charge in [-0.25, -0.2) is 4.79 Å². The fraction of sp³-hybridized carbons (Fsp3) is 0.553. The molecule has 312 valence electrons. The van der Waals surface area contributed by atoms with Crippen LogP contribution >= 0.6 is 0 Å². The molecule has 18 heteroatoms. The molecule has 18 nitrogen and oxygen atoms in total. The van der Waals surface area contributed by atoms with Gasteiger partial charge in [0.05, 0.1) is 99.1 Å². The van der Waals surface area contributed by atoms with E-state index in [1.54, 1.807) is 45.6 Å². The van der Waals surface area contributed by atoms with E-state index in [0.29, 0.717) is 90.3 Å². The zero-order valence-electron chi connectivity index (χ0n) is 32.3. The van der Waals surface area contributed by atoms with E-state index in [1.165, 1.54) is 18.2 Å². The maximum Gasteiger partial charge on any atom is 0.349 e. The summed E-state index contributed by atoms with van der Waals surface area (Å²) in [7, 11) is 4.78. The number of hydrogen-bond donors (Lipinski definition) is 2. The third kappa shape index (κ3) is 18.1. The number of carbonyl (C=O) groups is 2. The van der Waals surface area contributed by atoms with E-state index >= 15 is 0 Å². The fourth-order valence-electron chi connectivity index (χ4n) is 4.55. The van der Waals surface area contributed by atoms with Gasteiger partial charge in [-0.15, -0.1) is 0 Å². The molecule has 2 aromatic carbocycles. The van der Waals surface area contributed by atoms with Crippen molar-refractivity contribution in [3.05, 3.63) is 64.0 Å². The summed E-state index contributed by atoms with van der Waals surface area (Å²) in [5.74, 6) is -1.10. The number of benzene rings is 2. The molecule has 0 atom stereocenters. The Hall–Kier alpha value is -4.37. The molecule has 2 N–H and O–H groups in total. The summed E-state index contributed by atoms with van der Waals surface area (Å²) in [6.07, 6.45) is 0. The maximum atomic E-state index is 13.5. The van der Waals surface area contributed by atoms with Gasteiger partial charge in [-0.1, -0.05) is 18.2 Å². The van der Waals surface area contributed by atoms with Gasteiger partial charge >= 0.3 is 5.63 Å². The minimum atomic E-state index is -0.874. The van der Waals surface area contributed by atoms with Crippen molar-refractivity contribution >= 4 is 22.8 Å². The summed E-state index contributed by atoms with van der Waals surface area (Å²) in [6, 6.07) is 11.0. The van der Waals surface area contributed by atoms with Crippen molar-refractivity contribution in [3.8, 4) is 17.2 Å². The predicted molar refractivity (Wildman–Crippen MR) is 201 cm³/mol. The molecule has 3 rings (SSSR count). The monoisotopic (exact) mass is 794 g/mol. The van der Waals surface area contributed by atoms with Crippen LogP contribution < -0.4 is 30.7 Å². The van der Waals surface area contributed by atoms with Gasteiger partial charge in [0.15, 0.2) is 11.5 Å². The summed E-state index contributed by atoms with van der Waals surface area (Å²) in [6.45, 7) is 5.75. The lowest BCUT2D eigenvalue weighted by Gasteiger charge is -2.19. The number of rotatable bonds is 32. The van der Waals surface area contributed by atoms with Crippen molar-refractivity contribution in [3.63, 3.8) is 0 Å². The first-order chi connectivity index (χ1) is 27.5. The van der Waals surface area contributed by atoms with Crippen LogP contribution in [0.3, 0.4) is 0 Å².